The lowest BCUT2D eigenvalue weighted by atomic mass is 10.3. The van der Waals surface area contributed by atoms with Gasteiger partial charge in [-0.2, -0.15) is 0 Å². The summed E-state index contributed by atoms with van der Waals surface area (Å²) in [5.74, 6) is 0. The molecule has 0 atom stereocenters. The third-order valence-electron chi connectivity index (χ3n) is 1.47. The fourth-order valence-corrected chi connectivity index (χ4v) is 1.35. The molecule has 0 fully saturated rings. The van der Waals surface area contributed by atoms with E-state index in [1.807, 2.05) is 30.3 Å². The lowest BCUT2D eigenvalue weighted by molar-refractivity contribution is 0.241. The van der Waals surface area contributed by atoms with Crippen LogP contribution in [0.2, 0.25) is 19.6 Å². The van der Waals surface area contributed by atoms with E-state index in [-0.39, 0.29) is 0 Å². The summed E-state index contributed by atoms with van der Waals surface area (Å²) in [6, 6.07) is 9.94. The van der Waals surface area contributed by atoms with Crippen molar-refractivity contribution in [2.75, 3.05) is 11.7 Å². The van der Waals surface area contributed by atoms with Crippen molar-refractivity contribution in [1.82, 2.24) is 0 Å². The van der Waals surface area contributed by atoms with E-state index in [4.69, 9.17) is 4.84 Å². The van der Waals surface area contributed by atoms with Gasteiger partial charge >= 0.3 is 0 Å². The van der Waals surface area contributed by atoms with Crippen LogP contribution in [0.15, 0.2) is 30.3 Å². The highest BCUT2D eigenvalue weighted by Crippen LogP contribution is 2.06. The van der Waals surface area contributed by atoms with Crippen molar-refractivity contribution < 1.29 is 4.84 Å². The molecule has 0 aliphatic carbocycles. The van der Waals surface area contributed by atoms with Gasteiger partial charge in [0.2, 0.25) is 0 Å². The van der Waals surface area contributed by atoms with Crippen LogP contribution in [-0.4, -0.2) is 14.3 Å². The first kappa shape index (κ1) is 10.3. The highest BCUT2D eigenvalue weighted by atomic mass is 28.3. The van der Waals surface area contributed by atoms with Crippen molar-refractivity contribution in [1.29, 1.82) is 0 Å². The van der Waals surface area contributed by atoms with Crippen molar-refractivity contribution in [2.24, 2.45) is 0 Å². The number of hydrogen-bond donors (Lipinski definition) is 1. The molecule has 0 radical (unpaired) electrons. The Morgan fingerprint density at radius 3 is 2.31 bits per heavy atom. The quantitative estimate of drug-likeness (QED) is 0.589. The summed E-state index contributed by atoms with van der Waals surface area (Å²) in [7, 11) is -1.10. The zero-order chi connectivity index (χ0) is 9.73. The van der Waals surface area contributed by atoms with Gasteiger partial charge in [-0.15, -0.1) is 0 Å². The van der Waals surface area contributed by atoms with Gasteiger partial charge in [0, 0.05) is 0 Å². The third kappa shape index (κ3) is 4.70. The van der Waals surface area contributed by atoms with Gasteiger partial charge in [0.25, 0.3) is 0 Å². The predicted molar refractivity (Wildman–Crippen MR) is 59.4 cm³/mol. The molecular weight excluding hydrogens is 178 g/mol. The Morgan fingerprint density at radius 2 is 1.77 bits per heavy atom. The molecule has 13 heavy (non-hydrogen) atoms. The maximum atomic E-state index is 5.40. The van der Waals surface area contributed by atoms with Crippen LogP contribution in [0.3, 0.4) is 0 Å². The van der Waals surface area contributed by atoms with E-state index >= 15 is 0 Å². The van der Waals surface area contributed by atoms with Gasteiger partial charge < -0.3 is 0 Å². The molecule has 2 nitrogen and oxygen atoms in total. The minimum Gasteiger partial charge on any atom is -0.280 e. The zero-order valence-electron chi connectivity index (χ0n) is 8.50. The van der Waals surface area contributed by atoms with Gasteiger partial charge in [0.05, 0.1) is 20.0 Å². The Kier molecular flexibility index (Phi) is 3.51. The van der Waals surface area contributed by atoms with Crippen LogP contribution in [0.25, 0.3) is 0 Å². The number of nitrogens with one attached hydrogen (secondary N) is 1. The maximum absolute atomic E-state index is 5.40. The van der Waals surface area contributed by atoms with Crippen molar-refractivity contribution in [2.45, 2.75) is 19.6 Å². The van der Waals surface area contributed by atoms with Gasteiger partial charge in [-0.25, -0.2) is 0 Å². The molecule has 3 heteroatoms. The van der Waals surface area contributed by atoms with Crippen LogP contribution in [0.4, 0.5) is 5.69 Å². The number of para-hydroxylation sites is 1. The first-order valence-corrected chi connectivity index (χ1v) is 8.21. The summed E-state index contributed by atoms with van der Waals surface area (Å²) in [6.45, 7) is 6.83. The van der Waals surface area contributed by atoms with Crippen LogP contribution in [0.5, 0.6) is 0 Å². The molecule has 0 aromatic heterocycles. The van der Waals surface area contributed by atoms with E-state index in [0.29, 0.717) is 0 Å². The lowest BCUT2D eigenvalue weighted by Gasteiger charge is -2.16. The summed E-state index contributed by atoms with van der Waals surface area (Å²) < 4.78 is 0. The largest absolute Gasteiger partial charge is 0.280 e. The number of hydrogen-bond acceptors (Lipinski definition) is 2. The van der Waals surface area contributed by atoms with Gasteiger partial charge in [0.1, 0.15) is 0 Å². The summed E-state index contributed by atoms with van der Waals surface area (Å²) in [4.78, 5) is 5.40. The smallest absolute Gasteiger partial charge is 0.0780 e. The highest BCUT2D eigenvalue weighted by molar-refractivity contribution is 6.76. The second-order valence-electron chi connectivity index (χ2n) is 4.32. The van der Waals surface area contributed by atoms with Crippen molar-refractivity contribution in [3.8, 4) is 0 Å². The van der Waals surface area contributed by atoms with Crippen LogP contribution in [0.1, 0.15) is 0 Å². The predicted octanol–water partition coefficient (Wildman–Crippen LogP) is 2.91. The zero-order valence-corrected chi connectivity index (χ0v) is 9.50. The Balaban J connectivity index is 2.29. The Hall–Kier alpha value is -0.803. The number of rotatable bonds is 4. The van der Waals surface area contributed by atoms with E-state index in [9.17, 15) is 0 Å². The molecule has 1 aromatic rings. The standard InChI is InChI=1S/C10H17NOSi/c1-13(2,3)9-12-11-10-7-5-4-6-8-10/h4-8,11H,9H2,1-3H3. The van der Waals surface area contributed by atoms with Crippen LogP contribution >= 0.6 is 0 Å². The van der Waals surface area contributed by atoms with E-state index in [1.165, 1.54) is 0 Å². The molecule has 0 unspecified atom stereocenters. The average Bonchev–Trinajstić information content (AvgIpc) is 2.04. The van der Waals surface area contributed by atoms with Crippen LogP contribution < -0.4 is 5.48 Å². The van der Waals surface area contributed by atoms with Crippen molar-refractivity contribution in [3.05, 3.63) is 30.3 Å². The first-order chi connectivity index (χ1) is 6.08. The minimum absolute atomic E-state index is 0.835. The topological polar surface area (TPSA) is 21.3 Å². The molecule has 1 aromatic carbocycles. The molecule has 1 N–H and O–H groups in total. The fraction of sp³-hybridized carbons (Fsp3) is 0.400. The molecule has 0 heterocycles. The molecule has 0 aliphatic rings. The summed E-state index contributed by atoms with van der Waals surface area (Å²) in [6.07, 6.45) is 0.835. The van der Waals surface area contributed by atoms with Gasteiger partial charge in [0.15, 0.2) is 0 Å². The molecule has 0 bridgehead atoms. The molecule has 1 rings (SSSR count). The molecule has 0 saturated carbocycles. The Bertz CT molecular complexity index is 243. The first-order valence-electron chi connectivity index (χ1n) is 4.51. The number of anilines is 1. The minimum atomic E-state index is -1.10. The normalized spacial score (nSPS) is 11.3. The monoisotopic (exact) mass is 195 g/mol. The molecule has 0 spiro atoms. The van der Waals surface area contributed by atoms with E-state index in [1.54, 1.807) is 0 Å². The van der Waals surface area contributed by atoms with E-state index in [0.717, 1.165) is 11.9 Å². The maximum Gasteiger partial charge on any atom is 0.0780 e. The van der Waals surface area contributed by atoms with Gasteiger partial charge in [-0.1, -0.05) is 37.8 Å². The SMILES string of the molecule is C[Si](C)(C)CONc1ccccc1. The molecule has 72 valence electrons. The summed E-state index contributed by atoms with van der Waals surface area (Å²) in [5, 5.41) is 0. The molecule has 0 aliphatic heterocycles. The second-order valence-corrected chi connectivity index (χ2v) is 9.73. The third-order valence-corrected chi connectivity index (χ3v) is 2.48. The van der Waals surface area contributed by atoms with Crippen molar-refractivity contribution >= 4 is 13.8 Å². The van der Waals surface area contributed by atoms with Gasteiger partial charge in [-0.3, -0.25) is 10.3 Å². The van der Waals surface area contributed by atoms with Gasteiger partial charge in [-0.05, 0) is 12.1 Å². The van der Waals surface area contributed by atoms with E-state index < -0.39 is 8.07 Å². The molecular formula is C10H17NOSi. The molecule has 0 saturated heterocycles. The van der Waals surface area contributed by atoms with Crippen LogP contribution in [-0.2, 0) is 4.84 Å². The summed E-state index contributed by atoms with van der Waals surface area (Å²) in [5.41, 5.74) is 3.95. The average molecular weight is 195 g/mol. The molecule has 0 amide bonds. The van der Waals surface area contributed by atoms with Crippen LogP contribution in [0, 0.1) is 0 Å². The Morgan fingerprint density at radius 1 is 1.15 bits per heavy atom. The Labute approximate surface area is 80.9 Å². The lowest BCUT2D eigenvalue weighted by Crippen LogP contribution is -2.29. The fourth-order valence-electron chi connectivity index (χ4n) is 0.842. The highest BCUT2D eigenvalue weighted by Gasteiger charge is 2.12. The number of benzene rings is 1. The van der Waals surface area contributed by atoms with E-state index in [2.05, 4.69) is 25.1 Å². The second kappa shape index (κ2) is 4.44. The van der Waals surface area contributed by atoms with Crippen molar-refractivity contribution in [3.63, 3.8) is 0 Å². The summed E-state index contributed by atoms with van der Waals surface area (Å²) >= 11 is 0.